The summed E-state index contributed by atoms with van der Waals surface area (Å²) >= 11 is 0. The van der Waals surface area contributed by atoms with Gasteiger partial charge in [-0.1, -0.05) is 30.3 Å². The Balaban J connectivity index is 1.73. The van der Waals surface area contributed by atoms with E-state index < -0.39 is 0 Å². The minimum atomic E-state index is 0.329. The molecule has 22 heavy (non-hydrogen) atoms. The third-order valence-corrected chi connectivity index (χ3v) is 4.39. The van der Waals surface area contributed by atoms with Gasteiger partial charge in [-0.05, 0) is 62.2 Å². The molecule has 1 heterocycles. The molecule has 116 valence electrons. The highest BCUT2D eigenvalue weighted by Gasteiger charge is 2.22. The van der Waals surface area contributed by atoms with E-state index in [-0.39, 0.29) is 0 Å². The minimum Gasteiger partial charge on any atom is -0.457 e. The lowest BCUT2D eigenvalue weighted by Crippen LogP contribution is -2.31. The first-order chi connectivity index (χ1) is 10.8. The second-order valence-electron chi connectivity index (χ2n) is 5.93. The van der Waals surface area contributed by atoms with Crippen LogP contribution in [0.1, 0.15) is 30.0 Å². The van der Waals surface area contributed by atoms with Crippen LogP contribution < -0.4 is 10.5 Å². The number of para-hydroxylation sites is 1. The Hall–Kier alpha value is -1.84. The van der Waals surface area contributed by atoms with Gasteiger partial charge in [0, 0.05) is 12.6 Å². The summed E-state index contributed by atoms with van der Waals surface area (Å²) in [4.78, 5) is 2.48. The zero-order valence-corrected chi connectivity index (χ0v) is 13.2. The van der Waals surface area contributed by atoms with E-state index in [4.69, 9.17) is 10.5 Å². The standard InChI is InChI=1S/C19H24N2O/c1-15-6-2-3-7-19(15)22-17-10-8-16(9-11-17)18(14-20)21-12-4-5-13-21/h2-3,6-11,18H,4-5,12-14,20H2,1H3. The van der Waals surface area contributed by atoms with Crippen molar-refractivity contribution in [2.75, 3.05) is 19.6 Å². The summed E-state index contributed by atoms with van der Waals surface area (Å²) in [5.41, 5.74) is 8.41. The largest absolute Gasteiger partial charge is 0.457 e. The number of rotatable bonds is 5. The lowest BCUT2D eigenvalue weighted by Gasteiger charge is -2.26. The van der Waals surface area contributed by atoms with Crippen LogP contribution in [0.25, 0.3) is 0 Å². The van der Waals surface area contributed by atoms with Crippen molar-refractivity contribution in [3.05, 3.63) is 59.7 Å². The fourth-order valence-electron chi connectivity index (χ4n) is 3.11. The second kappa shape index (κ2) is 6.95. The van der Waals surface area contributed by atoms with Crippen molar-refractivity contribution in [1.29, 1.82) is 0 Å². The Morgan fingerprint density at radius 2 is 1.73 bits per heavy atom. The molecule has 1 aliphatic rings. The first-order valence-corrected chi connectivity index (χ1v) is 8.05. The van der Waals surface area contributed by atoms with Gasteiger partial charge in [0.25, 0.3) is 0 Å². The number of nitrogens with two attached hydrogens (primary N) is 1. The third kappa shape index (κ3) is 3.32. The van der Waals surface area contributed by atoms with E-state index in [0.717, 1.165) is 30.2 Å². The summed E-state index contributed by atoms with van der Waals surface area (Å²) in [7, 11) is 0. The Morgan fingerprint density at radius 1 is 1.05 bits per heavy atom. The lowest BCUT2D eigenvalue weighted by molar-refractivity contribution is 0.251. The first-order valence-electron chi connectivity index (χ1n) is 8.05. The molecule has 0 bridgehead atoms. The van der Waals surface area contributed by atoms with E-state index in [1.807, 2.05) is 30.3 Å². The van der Waals surface area contributed by atoms with Crippen LogP contribution in [0.5, 0.6) is 11.5 Å². The van der Waals surface area contributed by atoms with Gasteiger partial charge < -0.3 is 10.5 Å². The smallest absolute Gasteiger partial charge is 0.130 e. The SMILES string of the molecule is Cc1ccccc1Oc1ccc(C(CN)N2CCCC2)cc1. The van der Waals surface area contributed by atoms with Gasteiger partial charge in [0.1, 0.15) is 11.5 Å². The number of hydrogen-bond acceptors (Lipinski definition) is 3. The molecule has 2 aromatic carbocycles. The molecule has 0 amide bonds. The number of aryl methyl sites for hydroxylation is 1. The Bertz CT molecular complexity index is 603. The number of nitrogens with zero attached hydrogens (tertiary/aromatic N) is 1. The first kappa shape index (κ1) is 15.1. The van der Waals surface area contributed by atoms with E-state index >= 15 is 0 Å². The predicted octanol–water partition coefficient (Wildman–Crippen LogP) is 3.88. The third-order valence-electron chi connectivity index (χ3n) is 4.39. The Labute approximate surface area is 132 Å². The van der Waals surface area contributed by atoms with E-state index in [2.05, 4.69) is 30.0 Å². The molecule has 2 N–H and O–H groups in total. The van der Waals surface area contributed by atoms with Crippen LogP contribution in [0.4, 0.5) is 0 Å². The van der Waals surface area contributed by atoms with Crippen LogP contribution in [0.3, 0.4) is 0 Å². The van der Waals surface area contributed by atoms with Crippen molar-refractivity contribution < 1.29 is 4.74 Å². The number of hydrogen-bond donors (Lipinski definition) is 1. The van der Waals surface area contributed by atoms with E-state index in [9.17, 15) is 0 Å². The van der Waals surface area contributed by atoms with Gasteiger partial charge >= 0.3 is 0 Å². The average Bonchev–Trinajstić information content (AvgIpc) is 3.06. The molecular weight excluding hydrogens is 272 g/mol. The van der Waals surface area contributed by atoms with Crippen molar-refractivity contribution >= 4 is 0 Å². The van der Waals surface area contributed by atoms with Gasteiger partial charge in [-0.2, -0.15) is 0 Å². The molecular formula is C19H24N2O. The number of ether oxygens (including phenoxy) is 1. The Kier molecular flexibility index (Phi) is 4.76. The van der Waals surface area contributed by atoms with Crippen molar-refractivity contribution in [3.63, 3.8) is 0 Å². The molecule has 0 spiro atoms. The van der Waals surface area contributed by atoms with E-state index in [0.29, 0.717) is 12.6 Å². The monoisotopic (exact) mass is 296 g/mol. The van der Waals surface area contributed by atoms with Crippen LogP contribution in [0.2, 0.25) is 0 Å². The van der Waals surface area contributed by atoms with Gasteiger partial charge in [0.15, 0.2) is 0 Å². The molecule has 1 aliphatic heterocycles. The van der Waals surface area contributed by atoms with Crippen LogP contribution in [-0.2, 0) is 0 Å². The number of benzene rings is 2. The van der Waals surface area contributed by atoms with Crippen LogP contribution in [-0.4, -0.2) is 24.5 Å². The molecule has 0 radical (unpaired) electrons. The molecule has 3 heteroatoms. The molecule has 1 unspecified atom stereocenters. The van der Waals surface area contributed by atoms with Crippen molar-refractivity contribution in [3.8, 4) is 11.5 Å². The molecule has 0 aromatic heterocycles. The zero-order valence-electron chi connectivity index (χ0n) is 13.2. The topological polar surface area (TPSA) is 38.5 Å². The Morgan fingerprint density at radius 3 is 2.36 bits per heavy atom. The zero-order chi connectivity index (χ0) is 15.4. The summed E-state index contributed by atoms with van der Waals surface area (Å²) in [6.45, 7) is 5.03. The fourth-order valence-corrected chi connectivity index (χ4v) is 3.11. The molecule has 1 saturated heterocycles. The highest BCUT2D eigenvalue weighted by molar-refractivity contribution is 5.38. The van der Waals surface area contributed by atoms with E-state index in [1.165, 1.54) is 18.4 Å². The van der Waals surface area contributed by atoms with E-state index in [1.54, 1.807) is 0 Å². The normalized spacial score (nSPS) is 16.6. The summed E-state index contributed by atoms with van der Waals surface area (Å²) < 4.78 is 5.96. The van der Waals surface area contributed by atoms with Crippen LogP contribution in [0.15, 0.2) is 48.5 Å². The maximum atomic E-state index is 5.99. The maximum Gasteiger partial charge on any atom is 0.130 e. The molecule has 0 aliphatic carbocycles. The highest BCUT2D eigenvalue weighted by atomic mass is 16.5. The second-order valence-corrected chi connectivity index (χ2v) is 5.93. The van der Waals surface area contributed by atoms with Gasteiger partial charge in [-0.15, -0.1) is 0 Å². The summed E-state index contributed by atoms with van der Waals surface area (Å²) in [6.07, 6.45) is 2.57. The summed E-state index contributed by atoms with van der Waals surface area (Å²) in [6, 6.07) is 16.8. The van der Waals surface area contributed by atoms with Crippen LogP contribution >= 0.6 is 0 Å². The summed E-state index contributed by atoms with van der Waals surface area (Å²) in [5.74, 6) is 1.78. The average molecular weight is 296 g/mol. The van der Waals surface area contributed by atoms with Gasteiger partial charge in [-0.3, -0.25) is 4.90 Å². The van der Waals surface area contributed by atoms with Gasteiger partial charge in [0.05, 0.1) is 0 Å². The van der Waals surface area contributed by atoms with Crippen LogP contribution in [0, 0.1) is 6.92 Å². The molecule has 0 saturated carbocycles. The van der Waals surface area contributed by atoms with Crippen molar-refractivity contribution in [2.45, 2.75) is 25.8 Å². The van der Waals surface area contributed by atoms with Crippen molar-refractivity contribution in [2.24, 2.45) is 5.73 Å². The molecule has 3 rings (SSSR count). The van der Waals surface area contributed by atoms with Gasteiger partial charge in [-0.25, -0.2) is 0 Å². The maximum absolute atomic E-state index is 5.99. The highest BCUT2D eigenvalue weighted by Crippen LogP contribution is 2.28. The lowest BCUT2D eigenvalue weighted by atomic mass is 10.1. The molecule has 1 atom stereocenters. The predicted molar refractivity (Wildman–Crippen MR) is 90.3 cm³/mol. The molecule has 1 fully saturated rings. The quantitative estimate of drug-likeness (QED) is 0.910. The molecule has 3 nitrogen and oxygen atoms in total. The van der Waals surface area contributed by atoms with Gasteiger partial charge in [0.2, 0.25) is 0 Å². The van der Waals surface area contributed by atoms with Crippen molar-refractivity contribution in [1.82, 2.24) is 4.90 Å². The minimum absolute atomic E-state index is 0.329. The summed E-state index contributed by atoms with van der Waals surface area (Å²) in [5, 5.41) is 0. The molecule has 2 aromatic rings. The number of likely N-dealkylation sites (tertiary alicyclic amines) is 1. The fraction of sp³-hybridized carbons (Fsp3) is 0.368.